The zero-order valence-electron chi connectivity index (χ0n) is 10.8. The van der Waals surface area contributed by atoms with Gasteiger partial charge in [0.05, 0.1) is 12.6 Å². The third kappa shape index (κ3) is 5.11. The largest absolute Gasteiger partial charge is 0.352 e. The van der Waals surface area contributed by atoms with Crippen molar-refractivity contribution in [2.45, 2.75) is 39.8 Å². The zero-order valence-corrected chi connectivity index (χ0v) is 10.8. The van der Waals surface area contributed by atoms with Crippen LogP contribution < -0.4 is 11.1 Å². The summed E-state index contributed by atoms with van der Waals surface area (Å²) < 4.78 is 0. The predicted octanol–water partition coefficient (Wildman–Crippen LogP) is -0.0473. The van der Waals surface area contributed by atoms with E-state index in [1.54, 1.807) is 7.05 Å². The molecule has 1 atom stereocenters. The van der Waals surface area contributed by atoms with Crippen molar-refractivity contribution in [3.63, 3.8) is 0 Å². The Bertz CT molecular complexity index is 252. The first-order valence-electron chi connectivity index (χ1n) is 5.55. The van der Waals surface area contributed by atoms with Crippen LogP contribution in [0.15, 0.2) is 0 Å². The molecule has 0 rings (SSSR count). The maximum atomic E-state index is 11.7. The average Bonchev–Trinajstić information content (AvgIpc) is 2.13. The fourth-order valence-electron chi connectivity index (χ4n) is 1.20. The molecule has 0 aliphatic rings. The van der Waals surface area contributed by atoms with Crippen molar-refractivity contribution < 1.29 is 9.59 Å². The van der Waals surface area contributed by atoms with Gasteiger partial charge in [-0.15, -0.1) is 0 Å². The van der Waals surface area contributed by atoms with E-state index in [1.807, 2.05) is 27.7 Å². The van der Waals surface area contributed by atoms with Gasteiger partial charge in [-0.25, -0.2) is 0 Å². The van der Waals surface area contributed by atoms with Gasteiger partial charge in [0, 0.05) is 13.1 Å². The third-order valence-electron chi connectivity index (χ3n) is 2.21. The van der Waals surface area contributed by atoms with Crippen LogP contribution in [0, 0.1) is 5.92 Å². The van der Waals surface area contributed by atoms with E-state index in [1.165, 1.54) is 4.90 Å². The summed E-state index contributed by atoms with van der Waals surface area (Å²) in [6.45, 7) is 7.56. The summed E-state index contributed by atoms with van der Waals surface area (Å²) in [5, 5.41) is 2.72. The number of nitrogens with one attached hydrogen (secondary N) is 1. The summed E-state index contributed by atoms with van der Waals surface area (Å²) in [4.78, 5) is 24.5. The molecular formula is C11H23N3O2. The Kier molecular flexibility index (Phi) is 6.03. The summed E-state index contributed by atoms with van der Waals surface area (Å²) in [7, 11) is 1.59. The SMILES string of the molecule is CC(C)NC(=O)CN(C)C(=O)[C@@H](N)C(C)C. The Morgan fingerprint density at radius 1 is 1.25 bits per heavy atom. The van der Waals surface area contributed by atoms with E-state index >= 15 is 0 Å². The number of carbonyl (C=O) groups is 2. The van der Waals surface area contributed by atoms with Crippen LogP contribution in [0.2, 0.25) is 0 Å². The molecule has 0 unspecified atom stereocenters. The molecule has 5 heteroatoms. The van der Waals surface area contributed by atoms with Crippen molar-refractivity contribution in [1.82, 2.24) is 10.2 Å². The van der Waals surface area contributed by atoms with Crippen molar-refractivity contribution in [3.8, 4) is 0 Å². The zero-order chi connectivity index (χ0) is 12.9. The number of hydrogen-bond acceptors (Lipinski definition) is 3. The second kappa shape index (κ2) is 6.48. The van der Waals surface area contributed by atoms with Crippen LogP contribution in [-0.2, 0) is 9.59 Å². The molecule has 0 aliphatic carbocycles. The summed E-state index contributed by atoms with van der Waals surface area (Å²) in [6, 6.07) is -0.466. The number of hydrogen-bond donors (Lipinski definition) is 2. The van der Waals surface area contributed by atoms with Crippen molar-refractivity contribution in [3.05, 3.63) is 0 Å². The predicted molar refractivity (Wildman–Crippen MR) is 63.7 cm³/mol. The van der Waals surface area contributed by atoms with E-state index < -0.39 is 6.04 Å². The maximum Gasteiger partial charge on any atom is 0.239 e. The molecule has 0 bridgehead atoms. The molecular weight excluding hydrogens is 206 g/mol. The molecule has 0 aromatic carbocycles. The summed E-state index contributed by atoms with van der Waals surface area (Å²) in [5.74, 6) is -0.293. The summed E-state index contributed by atoms with van der Waals surface area (Å²) >= 11 is 0. The molecule has 3 N–H and O–H groups in total. The van der Waals surface area contributed by atoms with E-state index in [-0.39, 0.29) is 30.3 Å². The highest BCUT2D eigenvalue weighted by atomic mass is 16.2. The number of likely N-dealkylation sites (N-methyl/N-ethyl adjacent to an activating group) is 1. The second-order valence-electron chi connectivity index (χ2n) is 4.69. The fraction of sp³-hybridized carbons (Fsp3) is 0.818. The molecule has 0 heterocycles. The minimum absolute atomic E-state index is 0.0530. The van der Waals surface area contributed by atoms with Gasteiger partial charge in [-0.2, -0.15) is 0 Å². The van der Waals surface area contributed by atoms with Gasteiger partial charge in [-0.05, 0) is 19.8 Å². The van der Waals surface area contributed by atoms with Gasteiger partial charge in [0.25, 0.3) is 0 Å². The Hall–Kier alpha value is -1.10. The molecule has 2 amide bonds. The highest BCUT2D eigenvalue weighted by Gasteiger charge is 2.22. The Morgan fingerprint density at radius 3 is 2.12 bits per heavy atom. The molecule has 0 saturated carbocycles. The number of nitrogens with zero attached hydrogens (tertiary/aromatic N) is 1. The molecule has 0 radical (unpaired) electrons. The van der Waals surface area contributed by atoms with Crippen LogP contribution in [0.3, 0.4) is 0 Å². The highest BCUT2D eigenvalue weighted by Crippen LogP contribution is 2.01. The minimum Gasteiger partial charge on any atom is -0.352 e. The maximum absolute atomic E-state index is 11.7. The molecule has 5 nitrogen and oxygen atoms in total. The monoisotopic (exact) mass is 229 g/mol. The van der Waals surface area contributed by atoms with Gasteiger partial charge >= 0.3 is 0 Å². The van der Waals surface area contributed by atoms with Crippen molar-refractivity contribution in [2.24, 2.45) is 11.7 Å². The van der Waals surface area contributed by atoms with Gasteiger partial charge in [0.1, 0.15) is 0 Å². The van der Waals surface area contributed by atoms with Gasteiger partial charge in [0.15, 0.2) is 0 Å². The van der Waals surface area contributed by atoms with E-state index in [0.29, 0.717) is 0 Å². The average molecular weight is 229 g/mol. The quantitative estimate of drug-likeness (QED) is 0.694. The first-order valence-corrected chi connectivity index (χ1v) is 5.55. The number of nitrogens with two attached hydrogens (primary N) is 1. The van der Waals surface area contributed by atoms with Gasteiger partial charge in [-0.1, -0.05) is 13.8 Å². The molecule has 0 spiro atoms. The summed E-state index contributed by atoms with van der Waals surface area (Å²) in [5.41, 5.74) is 5.71. The molecule has 16 heavy (non-hydrogen) atoms. The Balaban J connectivity index is 4.20. The lowest BCUT2D eigenvalue weighted by atomic mass is 10.0. The third-order valence-corrected chi connectivity index (χ3v) is 2.21. The van der Waals surface area contributed by atoms with E-state index in [9.17, 15) is 9.59 Å². The lowest BCUT2D eigenvalue weighted by Crippen LogP contribution is -2.48. The van der Waals surface area contributed by atoms with Crippen molar-refractivity contribution >= 4 is 11.8 Å². The Labute approximate surface area is 97.4 Å². The number of rotatable bonds is 5. The smallest absolute Gasteiger partial charge is 0.239 e. The van der Waals surface area contributed by atoms with Crippen LogP contribution in [-0.4, -0.2) is 42.4 Å². The second-order valence-corrected chi connectivity index (χ2v) is 4.69. The minimum atomic E-state index is -0.545. The molecule has 94 valence electrons. The van der Waals surface area contributed by atoms with Crippen LogP contribution in [0.25, 0.3) is 0 Å². The standard InChI is InChI=1S/C11H23N3O2/c1-7(2)10(12)11(16)14(5)6-9(15)13-8(3)4/h7-8,10H,6,12H2,1-5H3,(H,13,15)/t10-/m0/s1. The molecule has 0 saturated heterocycles. The topological polar surface area (TPSA) is 75.4 Å². The fourth-order valence-corrected chi connectivity index (χ4v) is 1.20. The molecule has 0 aromatic heterocycles. The van der Waals surface area contributed by atoms with Crippen LogP contribution in [0.1, 0.15) is 27.7 Å². The van der Waals surface area contributed by atoms with Gasteiger partial charge in [-0.3, -0.25) is 9.59 Å². The van der Waals surface area contributed by atoms with Crippen molar-refractivity contribution in [1.29, 1.82) is 0 Å². The van der Waals surface area contributed by atoms with E-state index in [4.69, 9.17) is 5.73 Å². The Morgan fingerprint density at radius 2 is 1.75 bits per heavy atom. The highest BCUT2D eigenvalue weighted by molar-refractivity contribution is 5.87. The summed E-state index contributed by atoms with van der Waals surface area (Å²) in [6.07, 6.45) is 0. The van der Waals surface area contributed by atoms with Crippen LogP contribution in [0.4, 0.5) is 0 Å². The van der Waals surface area contributed by atoms with E-state index in [2.05, 4.69) is 5.32 Å². The van der Waals surface area contributed by atoms with Crippen LogP contribution >= 0.6 is 0 Å². The van der Waals surface area contributed by atoms with Gasteiger partial charge < -0.3 is 16.0 Å². The van der Waals surface area contributed by atoms with Gasteiger partial charge in [0.2, 0.25) is 11.8 Å². The molecule has 0 aromatic rings. The first kappa shape index (κ1) is 14.9. The lowest BCUT2D eigenvalue weighted by Gasteiger charge is -2.23. The van der Waals surface area contributed by atoms with Crippen molar-refractivity contribution in [2.75, 3.05) is 13.6 Å². The first-order chi connectivity index (χ1) is 7.25. The number of amides is 2. The van der Waals surface area contributed by atoms with E-state index in [0.717, 1.165) is 0 Å². The molecule has 0 fully saturated rings. The molecule has 0 aliphatic heterocycles. The number of carbonyl (C=O) groups excluding carboxylic acids is 2. The van der Waals surface area contributed by atoms with Crippen LogP contribution in [0.5, 0.6) is 0 Å². The normalized spacial score (nSPS) is 12.8. The lowest BCUT2D eigenvalue weighted by molar-refractivity contribution is -0.136.